The Bertz CT molecular complexity index is 932. The van der Waals surface area contributed by atoms with Gasteiger partial charge in [-0.3, -0.25) is 9.59 Å². The van der Waals surface area contributed by atoms with E-state index in [-0.39, 0.29) is 10.8 Å². The number of anilines is 1. The van der Waals surface area contributed by atoms with E-state index in [1.807, 2.05) is 11.4 Å². The molecule has 0 aliphatic carbocycles. The molecule has 0 aliphatic rings. The summed E-state index contributed by atoms with van der Waals surface area (Å²) in [5.41, 5.74) is -0.244. The van der Waals surface area contributed by atoms with Crippen LogP contribution in [-0.4, -0.2) is 25.0 Å². The van der Waals surface area contributed by atoms with E-state index in [1.165, 1.54) is 18.2 Å². The molecule has 27 heavy (non-hydrogen) atoms. The normalized spacial score (nSPS) is 10.0. The summed E-state index contributed by atoms with van der Waals surface area (Å²) in [4.78, 5) is 23.3. The Morgan fingerprint density at radius 1 is 1.11 bits per heavy atom. The molecule has 0 aromatic heterocycles. The second-order valence-corrected chi connectivity index (χ2v) is 5.50. The number of nitriles is 1. The predicted octanol–water partition coefficient (Wildman–Crippen LogP) is 2.76. The van der Waals surface area contributed by atoms with Crippen molar-refractivity contribution in [2.75, 3.05) is 18.5 Å². The zero-order chi connectivity index (χ0) is 20.0. The van der Waals surface area contributed by atoms with Gasteiger partial charge in [-0.2, -0.15) is 5.26 Å². The first-order valence-electron chi connectivity index (χ1n) is 7.34. The molecule has 2 rings (SSSR count). The van der Waals surface area contributed by atoms with Gasteiger partial charge in [0.15, 0.2) is 24.1 Å². The maximum Gasteiger partial charge on any atom is 0.258 e. The molecule has 0 radical (unpaired) electrons. The van der Waals surface area contributed by atoms with Crippen molar-refractivity contribution < 1.29 is 27.5 Å². The lowest BCUT2D eigenvalue weighted by atomic mass is 10.2. The lowest BCUT2D eigenvalue weighted by Crippen LogP contribution is -2.36. The van der Waals surface area contributed by atoms with Crippen molar-refractivity contribution in [1.82, 2.24) is 5.32 Å². The summed E-state index contributed by atoms with van der Waals surface area (Å²) >= 11 is 5.88. The van der Waals surface area contributed by atoms with Crippen molar-refractivity contribution in [3.05, 3.63) is 58.4 Å². The predicted molar refractivity (Wildman–Crippen MR) is 89.6 cm³/mol. The third-order valence-electron chi connectivity index (χ3n) is 3.18. The number of ether oxygens (including phenoxy) is 1. The second-order valence-electron chi connectivity index (χ2n) is 5.09. The molecule has 0 spiro atoms. The molecule has 10 heteroatoms. The second kappa shape index (κ2) is 8.91. The lowest BCUT2D eigenvalue weighted by molar-refractivity contribution is -0.125. The fourth-order valence-electron chi connectivity index (χ4n) is 1.88. The zero-order valence-electron chi connectivity index (χ0n) is 13.5. The van der Waals surface area contributed by atoms with Gasteiger partial charge in [-0.1, -0.05) is 11.6 Å². The van der Waals surface area contributed by atoms with Crippen molar-refractivity contribution in [2.24, 2.45) is 0 Å². The number of benzene rings is 2. The van der Waals surface area contributed by atoms with Gasteiger partial charge in [0, 0.05) is 0 Å². The van der Waals surface area contributed by atoms with Crippen LogP contribution in [0.15, 0.2) is 30.3 Å². The molecule has 2 N–H and O–H groups in total. The molecule has 2 aromatic carbocycles. The Balaban J connectivity index is 1.83. The van der Waals surface area contributed by atoms with Gasteiger partial charge in [-0.15, -0.1) is 0 Å². The van der Waals surface area contributed by atoms with Gasteiger partial charge < -0.3 is 15.4 Å². The van der Waals surface area contributed by atoms with Crippen molar-refractivity contribution >= 4 is 29.1 Å². The molecule has 0 atom stereocenters. The largest absolute Gasteiger partial charge is 0.482 e. The van der Waals surface area contributed by atoms with Gasteiger partial charge in [0.1, 0.15) is 5.75 Å². The van der Waals surface area contributed by atoms with E-state index < -0.39 is 48.1 Å². The minimum Gasteiger partial charge on any atom is -0.482 e. The Morgan fingerprint density at radius 3 is 2.52 bits per heavy atom. The minimum absolute atomic E-state index is 0.133. The van der Waals surface area contributed by atoms with Gasteiger partial charge >= 0.3 is 0 Å². The Morgan fingerprint density at radius 2 is 1.85 bits per heavy atom. The van der Waals surface area contributed by atoms with E-state index in [2.05, 4.69) is 5.32 Å². The molecular formula is C17H11ClF3N3O3. The molecule has 0 aliphatic heterocycles. The van der Waals surface area contributed by atoms with Crippen LogP contribution >= 0.6 is 11.6 Å². The van der Waals surface area contributed by atoms with Crippen molar-refractivity contribution in [1.29, 1.82) is 5.26 Å². The van der Waals surface area contributed by atoms with Gasteiger partial charge in [-0.05, 0) is 30.3 Å². The number of carbonyl (C=O) groups is 2. The van der Waals surface area contributed by atoms with Gasteiger partial charge in [0.25, 0.3) is 5.91 Å². The quantitative estimate of drug-likeness (QED) is 0.733. The number of hydrogen-bond acceptors (Lipinski definition) is 4. The van der Waals surface area contributed by atoms with Crippen LogP contribution in [-0.2, 0) is 9.59 Å². The SMILES string of the molecule is N#Cc1ccc(OCC(=O)NCC(=O)Nc2ccc(F)c(F)c2F)c(Cl)c1. The highest BCUT2D eigenvalue weighted by Crippen LogP contribution is 2.25. The van der Waals surface area contributed by atoms with Crippen LogP contribution in [0.2, 0.25) is 5.02 Å². The third kappa shape index (κ3) is 5.36. The standard InChI is InChI=1S/C17H11ClF3N3O3/c18-10-5-9(6-22)1-4-13(10)27-8-15(26)23-7-14(25)24-12-3-2-11(19)16(20)17(12)21/h1-5H,7-8H2,(H,23,26)(H,24,25). The van der Waals surface area contributed by atoms with Crippen LogP contribution in [0.25, 0.3) is 0 Å². The summed E-state index contributed by atoms with van der Waals surface area (Å²) in [6.07, 6.45) is 0. The van der Waals surface area contributed by atoms with E-state index >= 15 is 0 Å². The number of rotatable bonds is 6. The van der Waals surface area contributed by atoms with E-state index in [1.54, 1.807) is 0 Å². The fourth-order valence-corrected chi connectivity index (χ4v) is 2.11. The zero-order valence-corrected chi connectivity index (χ0v) is 14.2. The average molecular weight is 398 g/mol. The Hall–Kier alpha value is -3.25. The first-order chi connectivity index (χ1) is 12.8. The van der Waals surface area contributed by atoms with E-state index in [0.717, 1.165) is 6.07 Å². The summed E-state index contributed by atoms with van der Waals surface area (Å²) in [5, 5.41) is 13.1. The number of nitrogens with one attached hydrogen (secondary N) is 2. The molecule has 0 saturated heterocycles. The number of amides is 2. The molecule has 0 heterocycles. The van der Waals surface area contributed by atoms with Gasteiger partial charge in [0.05, 0.1) is 28.9 Å². The van der Waals surface area contributed by atoms with Gasteiger partial charge in [0.2, 0.25) is 5.91 Å². The van der Waals surface area contributed by atoms with Crippen LogP contribution in [0.1, 0.15) is 5.56 Å². The highest BCUT2D eigenvalue weighted by molar-refractivity contribution is 6.32. The Labute approximate surface area is 156 Å². The lowest BCUT2D eigenvalue weighted by Gasteiger charge is -2.10. The van der Waals surface area contributed by atoms with E-state index in [9.17, 15) is 22.8 Å². The highest BCUT2D eigenvalue weighted by Gasteiger charge is 2.15. The Kier molecular flexibility index (Phi) is 6.62. The molecule has 0 unspecified atom stereocenters. The monoisotopic (exact) mass is 397 g/mol. The number of nitrogens with zero attached hydrogens (tertiary/aromatic N) is 1. The molecule has 6 nitrogen and oxygen atoms in total. The number of halogens is 4. The summed E-state index contributed by atoms with van der Waals surface area (Å²) in [6, 6.07) is 7.61. The first kappa shape index (κ1) is 20.1. The topological polar surface area (TPSA) is 91.2 Å². The number of hydrogen-bond donors (Lipinski definition) is 2. The maximum absolute atomic E-state index is 13.5. The first-order valence-corrected chi connectivity index (χ1v) is 7.72. The molecule has 2 amide bonds. The summed E-state index contributed by atoms with van der Waals surface area (Å²) in [6.45, 7) is -1.03. The summed E-state index contributed by atoms with van der Waals surface area (Å²) in [5.74, 6) is -6.03. The molecule has 140 valence electrons. The highest BCUT2D eigenvalue weighted by atomic mass is 35.5. The van der Waals surface area contributed by atoms with Crippen LogP contribution in [0.4, 0.5) is 18.9 Å². The minimum atomic E-state index is -1.72. The molecular weight excluding hydrogens is 387 g/mol. The maximum atomic E-state index is 13.5. The van der Waals surface area contributed by atoms with Crippen LogP contribution < -0.4 is 15.4 Å². The molecule has 0 bridgehead atoms. The van der Waals surface area contributed by atoms with Crippen molar-refractivity contribution in [2.45, 2.75) is 0 Å². The summed E-state index contributed by atoms with van der Waals surface area (Å²) in [7, 11) is 0. The summed E-state index contributed by atoms with van der Waals surface area (Å²) < 4.78 is 44.5. The van der Waals surface area contributed by atoms with Crippen LogP contribution in [0, 0.1) is 28.8 Å². The third-order valence-corrected chi connectivity index (χ3v) is 3.47. The fraction of sp³-hybridized carbons (Fsp3) is 0.118. The van der Waals surface area contributed by atoms with Crippen molar-refractivity contribution in [3.63, 3.8) is 0 Å². The number of carbonyl (C=O) groups excluding carboxylic acids is 2. The van der Waals surface area contributed by atoms with Crippen LogP contribution in [0.5, 0.6) is 5.75 Å². The molecule has 0 saturated carbocycles. The molecule has 0 fully saturated rings. The van der Waals surface area contributed by atoms with Crippen molar-refractivity contribution in [3.8, 4) is 11.8 Å². The average Bonchev–Trinajstić information content (AvgIpc) is 2.65. The molecule has 2 aromatic rings. The van der Waals surface area contributed by atoms with E-state index in [0.29, 0.717) is 11.6 Å². The van der Waals surface area contributed by atoms with E-state index in [4.69, 9.17) is 21.6 Å². The smallest absolute Gasteiger partial charge is 0.258 e. The van der Waals surface area contributed by atoms with Crippen LogP contribution in [0.3, 0.4) is 0 Å². The van der Waals surface area contributed by atoms with Gasteiger partial charge in [-0.25, -0.2) is 13.2 Å².